The van der Waals surface area contributed by atoms with Crippen LogP contribution >= 0.6 is 11.3 Å². The molecule has 0 aliphatic rings. The van der Waals surface area contributed by atoms with Gasteiger partial charge in [-0.2, -0.15) is 0 Å². The molecule has 1 aromatic heterocycles. The first-order valence-corrected chi connectivity index (χ1v) is 10.0. The van der Waals surface area contributed by atoms with E-state index in [1.54, 1.807) is 19.9 Å². The number of ether oxygens (including phenoxy) is 1. The van der Waals surface area contributed by atoms with Crippen molar-refractivity contribution in [1.82, 2.24) is 10.3 Å². The number of carbonyl (C=O) groups excluding carboxylic acids is 2. The van der Waals surface area contributed by atoms with Gasteiger partial charge in [0, 0.05) is 11.5 Å². The number of carbonyl (C=O) groups is 2. The second kappa shape index (κ2) is 9.13. The molecule has 29 heavy (non-hydrogen) atoms. The molecule has 1 atom stereocenters. The molecule has 2 rings (SSSR count). The average molecular weight is 420 g/mol. The Bertz CT molecular complexity index is 902. The quantitative estimate of drug-likeness (QED) is 0.410. The molecule has 1 heterocycles. The minimum atomic E-state index is -0.907. The molecule has 0 bridgehead atoms. The Morgan fingerprint density at radius 3 is 2.48 bits per heavy atom. The van der Waals surface area contributed by atoms with Gasteiger partial charge in [-0.3, -0.25) is 19.7 Å². The summed E-state index contributed by atoms with van der Waals surface area (Å²) in [6.07, 6.45) is 0.920. The predicted molar refractivity (Wildman–Crippen MR) is 110 cm³/mol. The molecule has 8 nitrogen and oxygen atoms in total. The van der Waals surface area contributed by atoms with Crippen molar-refractivity contribution < 1.29 is 19.2 Å². The van der Waals surface area contributed by atoms with E-state index in [1.807, 2.05) is 20.8 Å². The summed E-state index contributed by atoms with van der Waals surface area (Å²) >= 11 is 1.25. The van der Waals surface area contributed by atoms with Gasteiger partial charge in [0.15, 0.2) is 0 Å². The molecule has 2 aromatic rings. The van der Waals surface area contributed by atoms with Crippen molar-refractivity contribution in [3.63, 3.8) is 0 Å². The highest BCUT2D eigenvalue weighted by molar-refractivity contribution is 7.13. The SMILES string of the molecule is CC(C)OC(=O)CC(NC(=O)c1cnc(C(C)(C)C)s1)c1ccccc1[N+](=O)[O-]. The third kappa shape index (κ3) is 6.08. The van der Waals surface area contributed by atoms with E-state index in [2.05, 4.69) is 10.3 Å². The third-order valence-corrected chi connectivity index (χ3v) is 5.35. The molecule has 0 saturated heterocycles. The fourth-order valence-electron chi connectivity index (χ4n) is 2.62. The second-order valence-electron chi connectivity index (χ2n) is 7.86. The lowest BCUT2D eigenvalue weighted by Crippen LogP contribution is -2.31. The van der Waals surface area contributed by atoms with Crippen molar-refractivity contribution >= 4 is 28.9 Å². The van der Waals surface area contributed by atoms with Crippen LogP contribution in [0.5, 0.6) is 0 Å². The Labute approximate surface area is 173 Å². The van der Waals surface area contributed by atoms with Crippen LogP contribution in [-0.2, 0) is 14.9 Å². The molecular weight excluding hydrogens is 394 g/mol. The summed E-state index contributed by atoms with van der Waals surface area (Å²) in [5.74, 6) is -0.998. The lowest BCUT2D eigenvalue weighted by molar-refractivity contribution is -0.385. The molecule has 1 amide bonds. The molecule has 1 aromatic carbocycles. The van der Waals surface area contributed by atoms with E-state index in [0.717, 1.165) is 5.01 Å². The molecule has 0 aliphatic heterocycles. The van der Waals surface area contributed by atoms with Gasteiger partial charge >= 0.3 is 5.97 Å². The standard InChI is InChI=1S/C20H25N3O5S/c1-12(2)28-17(24)10-14(13-8-6-7-9-15(13)23(26)27)22-18(25)16-11-21-19(29-16)20(3,4)5/h6-9,11-12,14H,10H2,1-5H3,(H,22,25). The maximum Gasteiger partial charge on any atom is 0.308 e. The normalized spacial score (nSPS) is 12.5. The number of hydrogen-bond acceptors (Lipinski definition) is 7. The number of nitro groups is 1. The number of thiazole rings is 1. The number of benzene rings is 1. The Morgan fingerprint density at radius 2 is 1.93 bits per heavy atom. The lowest BCUT2D eigenvalue weighted by Gasteiger charge is -2.19. The summed E-state index contributed by atoms with van der Waals surface area (Å²) in [6, 6.07) is 5.12. The molecule has 1 unspecified atom stereocenters. The number of nitrogens with zero attached hydrogens (tertiary/aromatic N) is 2. The predicted octanol–water partition coefficient (Wildman–Crippen LogP) is 4.16. The maximum absolute atomic E-state index is 12.8. The smallest absolute Gasteiger partial charge is 0.308 e. The van der Waals surface area contributed by atoms with Gasteiger partial charge in [-0.05, 0) is 13.8 Å². The molecule has 0 aliphatic carbocycles. The fourth-order valence-corrected chi connectivity index (χ4v) is 3.50. The zero-order chi connectivity index (χ0) is 21.8. The van der Waals surface area contributed by atoms with Crippen LogP contribution in [-0.4, -0.2) is 27.9 Å². The summed E-state index contributed by atoms with van der Waals surface area (Å²) < 4.78 is 5.17. The Hall–Kier alpha value is -2.81. The van der Waals surface area contributed by atoms with Crippen molar-refractivity contribution in [2.24, 2.45) is 0 Å². The highest BCUT2D eigenvalue weighted by Crippen LogP contribution is 2.30. The summed E-state index contributed by atoms with van der Waals surface area (Å²) in [5.41, 5.74) is -0.135. The number of amides is 1. The number of rotatable bonds is 7. The number of esters is 1. The Morgan fingerprint density at radius 1 is 1.28 bits per heavy atom. The number of nitro benzene ring substituents is 1. The van der Waals surface area contributed by atoms with Crippen LogP contribution in [0, 0.1) is 10.1 Å². The molecule has 9 heteroatoms. The highest BCUT2D eigenvalue weighted by Gasteiger charge is 2.28. The van der Waals surface area contributed by atoms with Gasteiger partial charge in [0.05, 0.1) is 40.3 Å². The molecule has 1 N–H and O–H groups in total. The van der Waals surface area contributed by atoms with Crippen molar-refractivity contribution in [2.45, 2.75) is 58.6 Å². The zero-order valence-corrected chi connectivity index (χ0v) is 17.9. The van der Waals surface area contributed by atoms with Gasteiger partial charge in [0.25, 0.3) is 11.6 Å². The molecule has 0 fully saturated rings. The van der Waals surface area contributed by atoms with Gasteiger partial charge in [0.2, 0.25) is 0 Å². The first-order valence-electron chi connectivity index (χ1n) is 9.19. The van der Waals surface area contributed by atoms with Crippen LogP contribution in [0.4, 0.5) is 5.69 Å². The number of aromatic nitrogens is 1. The fraction of sp³-hybridized carbons (Fsp3) is 0.450. The van der Waals surface area contributed by atoms with Gasteiger partial charge in [0.1, 0.15) is 4.88 Å². The summed E-state index contributed by atoms with van der Waals surface area (Å²) in [5, 5.41) is 15.0. The number of para-hydroxylation sites is 1. The molecular formula is C20H25N3O5S. The largest absolute Gasteiger partial charge is 0.463 e. The maximum atomic E-state index is 12.8. The van der Waals surface area contributed by atoms with Gasteiger partial charge < -0.3 is 10.1 Å². The van der Waals surface area contributed by atoms with Gasteiger partial charge in [-0.1, -0.05) is 39.0 Å². The van der Waals surface area contributed by atoms with Crippen molar-refractivity contribution in [2.75, 3.05) is 0 Å². The minimum Gasteiger partial charge on any atom is -0.463 e. The second-order valence-corrected chi connectivity index (χ2v) is 8.90. The Balaban J connectivity index is 2.33. The van der Waals surface area contributed by atoms with Crippen molar-refractivity contribution in [3.05, 3.63) is 56.0 Å². The van der Waals surface area contributed by atoms with E-state index in [9.17, 15) is 19.7 Å². The van der Waals surface area contributed by atoms with Crippen LogP contribution in [0.3, 0.4) is 0 Å². The molecule has 0 saturated carbocycles. The van der Waals surface area contributed by atoms with E-state index in [4.69, 9.17) is 4.74 Å². The lowest BCUT2D eigenvalue weighted by atomic mass is 9.98. The Kier molecular flexibility index (Phi) is 7.07. The van der Waals surface area contributed by atoms with E-state index in [-0.39, 0.29) is 29.2 Å². The van der Waals surface area contributed by atoms with Crippen LogP contribution in [0.2, 0.25) is 0 Å². The molecule has 0 spiro atoms. The van der Waals surface area contributed by atoms with Crippen LogP contribution in [0.1, 0.15) is 67.3 Å². The highest BCUT2D eigenvalue weighted by atomic mass is 32.1. The summed E-state index contributed by atoms with van der Waals surface area (Å²) in [7, 11) is 0. The topological polar surface area (TPSA) is 111 Å². The number of hydrogen-bond donors (Lipinski definition) is 1. The van der Waals surface area contributed by atoms with Crippen molar-refractivity contribution in [1.29, 1.82) is 0 Å². The first kappa shape index (κ1) is 22.5. The third-order valence-electron chi connectivity index (χ3n) is 3.92. The van der Waals surface area contributed by atoms with E-state index in [0.29, 0.717) is 4.88 Å². The van der Waals surface area contributed by atoms with Crippen molar-refractivity contribution in [3.8, 4) is 0 Å². The molecule has 156 valence electrons. The van der Waals surface area contributed by atoms with E-state index < -0.39 is 22.8 Å². The van der Waals surface area contributed by atoms with E-state index in [1.165, 1.54) is 35.7 Å². The monoisotopic (exact) mass is 419 g/mol. The van der Waals surface area contributed by atoms with Gasteiger partial charge in [-0.25, -0.2) is 4.98 Å². The van der Waals surface area contributed by atoms with Gasteiger partial charge in [-0.15, -0.1) is 11.3 Å². The van der Waals surface area contributed by atoms with E-state index >= 15 is 0 Å². The number of nitrogens with one attached hydrogen (secondary N) is 1. The van der Waals surface area contributed by atoms with Crippen LogP contribution < -0.4 is 5.32 Å². The van der Waals surface area contributed by atoms with Crippen LogP contribution in [0.15, 0.2) is 30.5 Å². The summed E-state index contributed by atoms with van der Waals surface area (Å²) in [6.45, 7) is 9.40. The van der Waals surface area contributed by atoms with Crippen LogP contribution in [0.25, 0.3) is 0 Å². The minimum absolute atomic E-state index is 0.171. The first-order chi connectivity index (χ1) is 13.5. The molecule has 0 radical (unpaired) electrons. The zero-order valence-electron chi connectivity index (χ0n) is 17.1. The summed E-state index contributed by atoms with van der Waals surface area (Å²) in [4.78, 5) is 40.6. The average Bonchev–Trinajstić information content (AvgIpc) is 3.11.